The summed E-state index contributed by atoms with van der Waals surface area (Å²) in [5, 5.41) is 9.00. The first kappa shape index (κ1) is 12.3. The minimum Gasteiger partial charge on any atom is -0.304 e. The Bertz CT molecular complexity index is 798. The highest BCUT2D eigenvalue weighted by Gasteiger charge is 2.16. The molecule has 3 aromatic rings. The molecule has 0 aliphatic heterocycles. The third-order valence-electron chi connectivity index (χ3n) is 2.89. The lowest BCUT2D eigenvalue weighted by Crippen LogP contribution is -2.14. The molecule has 0 radical (unpaired) electrons. The SMILES string of the molecule is O=C(Nc1n[nH]c2cccc(F)c12)c1ccccc1F. The third-order valence-corrected chi connectivity index (χ3v) is 2.89. The molecule has 0 atom stereocenters. The Labute approximate surface area is 112 Å². The lowest BCUT2D eigenvalue weighted by molar-refractivity contribution is 0.102. The molecule has 20 heavy (non-hydrogen) atoms. The number of anilines is 1. The number of nitrogens with zero attached hydrogens (tertiary/aromatic N) is 1. The zero-order valence-electron chi connectivity index (χ0n) is 10.2. The molecule has 100 valence electrons. The van der Waals surface area contributed by atoms with E-state index in [0.717, 1.165) is 0 Å². The van der Waals surface area contributed by atoms with Gasteiger partial charge in [-0.2, -0.15) is 5.10 Å². The van der Waals surface area contributed by atoms with Crippen molar-refractivity contribution in [1.82, 2.24) is 10.2 Å². The molecule has 0 aliphatic rings. The van der Waals surface area contributed by atoms with Crippen LogP contribution < -0.4 is 5.32 Å². The number of halogens is 2. The third kappa shape index (κ3) is 2.01. The van der Waals surface area contributed by atoms with E-state index in [1.165, 1.54) is 30.3 Å². The number of hydrogen-bond acceptors (Lipinski definition) is 2. The van der Waals surface area contributed by atoms with E-state index in [-0.39, 0.29) is 16.8 Å². The van der Waals surface area contributed by atoms with Gasteiger partial charge in [0.1, 0.15) is 11.6 Å². The van der Waals surface area contributed by atoms with E-state index in [4.69, 9.17) is 0 Å². The van der Waals surface area contributed by atoms with E-state index >= 15 is 0 Å². The second-order valence-electron chi connectivity index (χ2n) is 4.17. The molecule has 1 heterocycles. The number of hydrogen-bond donors (Lipinski definition) is 2. The van der Waals surface area contributed by atoms with Gasteiger partial charge in [0.05, 0.1) is 16.5 Å². The molecule has 0 aliphatic carbocycles. The molecular formula is C14H9F2N3O. The zero-order valence-corrected chi connectivity index (χ0v) is 10.2. The van der Waals surface area contributed by atoms with Crippen molar-refractivity contribution in [3.8, 4) is 0 Å². The predicted octanol–water partition coefficient (Wildman–Crippen LogP) is 3.09. The fraction of sp³-hybridized carbons (Fsp3) is 0. The van der Waals surface area contributed by atoms with Gasteiger partial charge in [-0.1, -0.05) is 18.2 Å². The Morgan fingerprint density at radius 3 is 2.60 bits per heavy atom. The Balaban J connectivity index is 1.98. The summed E-state index contributed by atoms with van der Waals surface area (Å²) in [4.78, 5) is 12.0. The van der Waals surface area contributed by atoms with E-state index in [1.54, 1.807) is 12.1 Å². The minimum absolute atomic E-state index is 0.0337. The first-order valence-corrected chi connectivity index (χ1v) is 5.85. The molecule has 0 unspecified atom stereocenters. The largest absolute Gasteiger partial charge is 0.304 e. The monoisotopic (exact) mass is 273 g/mol. The fourth-order valence-corrected chi connectivity index (χ4v) is 1.94. The Morgan fingerprint density at radius 2 is 1.80 bits per heavy atom. The summed E-state index contributed by atoms with van der Waals surface area (Å²) >= 11 is 0. The summed E-state index contributed by atoms with van der Waals surface area (Å²) in [7, 11) is 0. The number of aromatic amines is 1. The average Bonchev–Trinajstić information content (AvgIpc) is 2.84. The van der Waals surface area contributed by atoms with Gasteiger partial charge >= 0.3 is 0 Å². The molecule has 0 bridgehead atoms. The van der Waals surface area contributed by atoms with Crippen LogP contribution in [0.5, 0.6) is 0 Å². The van der Waals surface area contributed by atoms with Gasteiger partial charge in [0.2, 0.25) is 0 Å². The van der Waals surface area contributed by atoms with Gasteiger partial charge in [0.25, 0.3) is 5.91 Å². The summed E-state index contributed by atoms with van der Waals surface area (Å²) in [5.41, 5.74) is 0.328. The molecule has 3 rings (SSSR count). The summed E-state index contributed by atoms with van der Waals surface area (Å²) < 4.78 is 27.2. The van der Waals surface area contributed by atoms with Gasteiger partial charge in [0, 0.05) is 0 Å². The van der Waals surface area contributed by atoms with Crippen LogP contribution in [0, 0.1) is 11.6 Å². The molecule has 2 aromatic carbocycles. The maximum atomic E-state index is 13.7. The molecule has 0 fully saturated rings. The summed E-state index contributed by atoms with van der Waals surface area (Å²) in [6.45, 7) is 0. The minimum atomic E-state index is -0.681. The van der Waals surface area contributed by atoms with Crippen LogP contribution in [0.1, 0.15) is 10.4 Å². The Hall–Kier alpha value is -2.76. The molecule has 4 nitrogen and oxygen atoms in total. The van der Waals surface area contributed by atoms with Gasteiger partial charge in [-0.15, -0.1) is 0 Å². The molecule has 0 saturated carbocycles. The van der Waals surface area contributed by atoms with Crippen LogP contribution in [0.15, 0.2) is 42.5 Å². The number of carbonyl (C=O) groups is 1. The Morgan fingerprint density at radius 1 is 1.05 bits per heavy atom. The average molecular weight is 273 g/mol. The highest BCUT2D eigenvalue weighted by molar-refractivity contribution is 6.08. The first-order valence-electron chi connectivity index (χ1n) is 5.85. The number of nitrogens with one attached hydrogen (secondary N) is 2. The molecule has 6 heteroatoms. The van der Waals surface area contributed by atoms with Crippen molar-refractivity contribution in [2.45, 2.75) is 0 Å². The van der Waals surface area contributed by atoms with Gasteiger partial charge in [-0.05, 0) is 24.3 Å². The van der Waals surface area contributed by atoms with Crippen molar-refractivity contribution in [3.05, 3.63) is 59.7 Å². The highest BCUT2D eigenvalue weighted by Crippen LogP contribution is 2.23. The molecule has 1 amide bonds. The second-order valence-corrected chi connectivity index (χ2v) is 4.17. The maximum Gasteiger partial charge on any atom is 0.259 e. The van der Waals surface area contributed by atoms with Crippen molar-refractivity contribution in [2.75, 3.05) is 5.32 Å². The lowest BCUT2D eigenvalue weighted by atomic mass is 10.2. The van der Waals surface area contributed by atoms with Crippen LogP contribution in [0.3, 0.4) is 0 Å². The van der Waals surface area contributed by atoms with Crippen LogP contribution in [0.25, 0.3) is 10.9 Å². The molecule has 1 aromatic heterocycles. The van der Waals surface area contributed by atoms with E-state index in [9.17, 15) is 13.6 Å². The van der Waals surface area contributed by atoms with Gasteiger partial charge in [-0.25, -0.2) is 8.78 Å². The summed E-state index contributed by atoms with van der Waals surface area (Å²) in [5.74, 6) is -1.81. The van der Waals surface area contributed by atoms with E-state index in [1.807, 2.05) is 0 Å². The zero-order chi connectivity index (χ0) is 14.1. The van der Waals surface area contributed by atoms with Crippen molar-refractivity contribution < 1.29 is 13.6 Å². The van der Waals surface area contributed by atoms with Crippen LogP contribution in [-0.2, 0) is 0 Å². The number of fused-ring (bicyclic) bond motifs is 1. The fourth-order valence-electron chi connectivity index (χ4n) is 1.94. The van der Waals surface area contributed by atoms with Crippen LogP contribution in [-0.4, -0.2) is 16.1 Å². The van der Waals surface area contributed by atoms with Crippen molar-refractivity contribution >= 4 is 22.6 Å². The van der Waals surface area contributed by atoms with Crippen LogP contribution >= 0.6 is 0 Å². The standard InChI is InChI=1S/C14H9F2N3O/c15-9-5-2-1-4-8(9)14(20)17-13-12-10(16)6-3-7-11(12)18-19-13/h1-7H,(H2,17,18,19,20). The smallest absolute Gasteiger partial charge is 0.259 e. The molecular weight excluding hydrogens is 264 g/mol. The molecule has 0 spiro atoms. The van der Waals surface area contributed by atoms with Crippen molar-refractivity contribution in [1.29, 1.82) is 0 Å². The number of carbonyl (C=O) groups excluding carboxylic acids is 1. The Kier molecular flexibility index (Phi) is 2.90. The number of amides is 1. The number of aromatic nitrogens is 2. The van der Waals surface area contributed by atoms with Gasteiger partial charge < -0.3 is 5.32 Å². The molecule has 0 saturated heterocycles. The lowest BCUT2D eigenvalue weighted by Gasteiger charge is -2.03. The normalized spacial score (nSPS) is 10.7. The second kappa shape index (κ2) is 4.73. The summed E-state index contributed by atoms with van der Waals surface area (Å²) in [6.07, 6.45) is 0. The van der Waals surface area contributed by atoms with E-state index < -0.39 is 17.5 Å². The van der Waals surface area contributed by atoms with Gasteiger partial charge in [0.15, 0.2) is 5.82 Å². The van der Waals surface area contributed by atoms with Crippen LogP contribution in [0.2, 0.25) is 0 Å². The topological polar surface area (TPSA) is 57.8 Å². The molecule has 2 N–H and O–H groups in total. The van der Waals surface area contributed by atoms with Crippen molar-refractivity contribution in [2.24, 2.45) is 0 Å². The quantitative estimate of drug-likeness (QED) is 0.753. The number of H-pyrrole nitrogens is 1. The number of benzene rings is 2. The van der Waals surface area contributed by atoms with Crippen LogP contribution in [0.4, 0.5) is 14.6 Å². The maximum absolute atomic E-state index is 13.7. The predicted molar refractivity (Wildman–Crippen MR) is 70.4 cm³/mol. The van der Waals surface area contributed by atoms with E-state index in [2.05, 4.69) is 15.5 Å². The number of rotatable bonds is 2. The van der Waals surface area contributed by atoms with Gasteiger partial charge in [-0.3, -0.25) is 9.89 Å². The van der Waals surface area contributed by atoms with E-state index in [0.29, 0.717) is 5.52 Å². The highest BCUT2D eigenvalue weighted by atomic mass is 19.1. The summed E-state index contributed by atoms with van der Waals surface area (Å²) in [6, 6.07) is 9.96. The van der Waals surface area contributed by atoms with Crippen molar-refractivity contribution in [3.63, 3.8) is 0 Å². The first-order chi connectivity index (χ1) is 9.66.